The molecule has 0 aliphatic carbocycles. The third-order valence-corrected chi connectivity index (χ3v) is 3.76. The Hall–Kier alpha value is -0.330. The molecule has 0 aromatic heterocycles. The number of hydrogen-bond donors (Lipinski definition) is 2. The molecule has 0 amide bonds. The summed E-state index contributed by atoms with van der Waals surface area (Å²) in [4.78, 5) is 0.0863. The van der Waals surface area contributed by atoms with E-state index in [9.17, 15) is 8.42 Å². The molecule has 3 N–H and O–H groups in total. The Kier molecular flexibility index (Phi) is 6.28. The smallest absolute Gasteiger partial charge is 0.242 e. The predicted molar refractivity (Wildman–Crippen MR) is 67.7 cm³/mol. The number of aryl methyl sites for hydroxylation is 1. The van der Waals surface area contributed by atoms with Crippen molar-refractivity contribution in [2.75, 3.05) is 13.1 Å². The molecule has 0 bridgehead atoms. The first-order valence-corrected chi connectivity index (χ1v) is 6.29. The highest BCUT2D eigenvalue weighted by Gasteiger charge is 2.16. The van der Waals surface area contributed by atoms with Gasteiger partial charge in [0.25, 0.3) is 0 Å². The van der Waals surface area contributed by atoms with Crippen LogP contribution in [0.4, 0.5) is 0 Å². The first kappa shape index (κ1) is 15.7. The largest absolute Gasteiger partial charge is 0.329 e. The van der Waals surface area contributed by atoms with Crippen LogP contribution in [0.25, 0.3) is 0 Å². The average Bonchev–Trinajstić information content (AvgIpc) is 2.14. The van der Waals surface area contributed by atoms with Crippen molar-refractivity contribution < 1.29 is 8.42 Å². The van der Waals surface area contributed by atoms with Crippen molar-refractivity contribution in [3.63, 3.8) is 0 Å². The van der Waals surface area contributed by atoms with Crippen molar-refractivity contribution in [3.05, 3.63) is 28.8 Å². The van der Waals surface area contributed by atoms with E-state index in [-0.39, 0.29) is 35.4 Å². The van der Waals surface area contributed by atoms with Gasteiger partial charge in [0.15, 0.2) is 0 Å². The quantitative estimate of drug-likeness (QED) is 0.876. The number of nitrogens with two attached hydrogens (primary N) is 1. The van der Waals surface area contributed by atoms with E-state index in [0.29, 0.717) is 0 Å². The van der Waals surface area contributed by atoms with E-state index in [2.05, 4.69) is 4.72 Å². The van der Waals surface area contributed by atoms with Gasteiger partial charge >= 0.3 is 0 Å². The van der Waals surface area contributed by atoms with Gasteiger partial charge in [0, 0.05) is 13.1 Å². The number of benzene rings is 1. The normalized spacial score (nSPS) is 10.9. The molecule has 0 atom stereocenters. The summed E-state index contributed by atoms with van der Waals surface area (Å²) in [6, 6.07) is 4.79. The molecule has 0 saturated carbocycles. The number of halogens is 2. The van der Waals surface area contributed by atoms with Crippen molar-refractivity contribution >= 4 is 34.0 Å². The maximum absolute atomic E-state index is 11.7. The maximum Gasteiger partial charge on any atom is 0.242 e. The number of rotatable bonds is 4. The van der Waals surface area contributed by atoms with Gasteiger partial charge in [0.1, 0.15) is 4.90 Å². The number of nitrogens with one attached hydrogen (secondary N) is 1. The summed E-state index contributed by atoms with van der Waals surface area (Å²) in [5.41, 5.74) is 6.13. The molecule has 1 rings (SSSR count). The second kappa shape index (κ2) is 6.42. The first-order chi connectivity index (χ1) is 6.97. The van der Waals surface area contributed by atoms with Crippen LogP contribution in [0.15, 0.2) is 23.1 Å². The molecular weight excluding hydrogens is 271 g/mol. The van der Waals surface area contributed by atoms with Crippen LogP contribution in [0.3, 0.4) is 0 Å². The van der Waals surface area contributed by atoms with Gasteiger partial charge in [-0.2, -0.15) is 0 Å². The summed E-state index contributed by atoms with van der Waals surface area (Å²) < 4.78 is 25.7. The molecule has 1 aromatic rings. The molecule has 0 aliphatic heterocycles. The molecule has 0 saturated heterocycles. The monoisotopic (exact) mass is 284 g/mol. The van der Waals surface area contributed by atoms with E-state index in [1.165, 1.54) is 6.07 Å². The molecule has 1 aromatic carbocycles. The van der Waals surface area contributed by atoms with Crippen molar-refractivity contribution in [2.45, 2.75) is 11.8 Å². The zero-order valence-corrected chi connectivity index (χ0v) is 11.1. The Balaban J connectivity index is 0.00000225. The van der Waals surface area contributed by atoms with Crippen LogP contribution >= 0.6 is 24.0 Å². The lowest BCUT2D eigenvalue weighted by molar-refractivity contribution is 0.582. The summed E-state index contributed by atoms with van der Waals surface area (Å²) in [6.45, 7) is 2.30. The van der Waals surface area contributed by atoms with Gasteiger partial charge in [-0.05, 0) is 24.6 Å². The Morgan fingerprint density at radius 1 is 1.44 bits per heavy atom. The van der Waals surface area contributed by atoms with Gasteiger partial charge in [-0.25, -0.2) is 13.1 Å². The molecule has 0 fully saturated rings. The van der Waals surface area contributed by atoms with Crippen molar-refractivity contribution in [2.24, 2.45) is 5.73 Å². The minimum absolute atomic E-state index is 0. The lowest BCUT2D eigenvalue weighted by atomic mass is 10.2. The average molecular weight is 285 g/mol. The lowest BCUT2D eigenvalue weighted by Gasteiger charge is -2.07. The fourth-order valence-electron chi connectivity index (χ4n) is 1.09. The molecule has 16 heavy (non-hydrogen) atoms. The van der Waals surface area contributed by atoms with E-state index in [4.69, 9.17) is 17.3 Å². The zero-order chi connectivity index (χ0) is 11.5. The summed E-state index contributed by atoms with van der Waals surface area (Å²) in [5.74, 6) is 0. The Bertz CT molecular complexity index is 449. The topological polar surface area (TPSA) is 72.2 Å². The summed E-state index contributed by atoms with van der Waals surface area (Å²) in [6.07, 6.45) is 0. The van der Waals surface area contributed by atoms with E-state index >= 15 is 0 Å². The molecule has 0 unspecified atom stereocenters. The SMILES string of the molecule is Cc1ccc(S(=O)(=O)NCCN)c(Cl)c1.Cl. The number of hydrogen-bond acceptors (Lipinski definition) is 3. The predicted octanol–water partition coefficient (Wildman–Crippen LogP) is 1.31. The minimum Gasteiger partial charge on any atom is -0.329 e. The number of sulfonamides is 1. The van der Waals surface area contributed by atoms with E-state index in [0.717, 1.165) is 5.56 Å². The van der Waals surface area contributed by atoms with E-state index in [1.54, 1.807) is 12.1 Å². The molecule has 0 heterocycles. The molecule has 0 radical (unpaired) electrons. The molecule has 92 valence electrons. The second-order valence-electron chi connectivity index (χ2n) is 3.12. The minimum atomic E-state index is -3.53. The van der Waals surface area contributed by atoms with E-state index < -0.39 is 10.0 Å². The van der Waals surface area contributed by atoms with Crippen molar-refractivity contribution in [1.29, 1.82) is 0 Å². The van der Waals surface area contributed by atoms with Crippen LogP contribution in [0.1, 0.15) is 5.56 Å². The van der Waals surface area contributed by atoms with E-state index in [1.807, 2.05) is 6.92 Å². The summed E-state index contributed by atoms with van der Waals surface area (Å²) in [5, 5.41) is 0.222. The van der Waals surface area contributed by atoms with Crippen LogP contribution in [-0.4, -0.2) is 21.5 Å². The van der Waals surface area contributed by atoms with Crippen LogP contribution in [0.5, 0.6) is 0 Å². The fraction of sp³-hybridized carbons (Fsp3) is 0.333. The van der Waals surface area contributed by atoms with Gasteiger partial charge in [-0.1, -0.05) is 17.7 Å². The third-order valence-electron chi connectivity index (χ3n) is 1.81. The highest BCUT2D eigenvalue weighted by molar-refractivity contribution is 7.89. The highest BCUT2D eigenvalue weighted by atomic mass is 35.5. The lowest BCUT2D eigenvalue weighted by Crippen LogP contribution is -2.29. The Morgan fingerprint density at radius 2 is 2.06 bits per heavy atom. The van der Waals surface area contributed by atoms with Crippen molar-refractivity contribution in [3.8, 4) is 0 Å². The zero-order valence-electron chi connectivity index (χ0n) is 8.73. The fourth-order valence-corrected chi connectivity index (χ4v) is 2.74. The molecule has 7 heteroatoms. The van der Waals surface area contributed by atoms with Crippen LogP contribution < -0.4 is 10.5 Å². The molecule has 4 nitrogen and oxygen atoms in total. The van der Waals surface area contributed by atoms with Crippen molar-refractivity contribution in [1.82, 2.24) is 4.72 Å². The second-order valence-corrected chi connectivity index (χ2v) is 5.26. The molecule has 0 spiro atoms. The Labute approximate surface area is 107 Å². The van der Waals surface area contributed by atoms with Gasteiger partial charge < -0.3 is 5.73 Å². The standard InChI is InChI=1S/C9H13ClN2O2S.ClH/c1-7-2-3-9(8(10)6-7)15(13,14)12-5-4-11;/h2-3,6,12H,4-5,11H2,1H3;1H. The Morgan fingerprint density at radius 3 is 2.56 bits per heavy atom. The summed E-state index contributed by atoms with van der Waals surface area (Å²) in [7, 11) is -3.53. The third kappa shape index (κ3) is 3.92. The van der Waals surface area contributed by atoms with Crippen LogP contribution in [-0.2, 0) is 10.0 Å². The summed E-state index contributed by atoms with van der Waals surface area (Å²) >= 11 is 5.84. The molecular formula is C9H14Cl2N2O2S. The van der Waals surface area contributed by atoms with Crippen LogP contribution in [0.2, 0.25) is 5.02 Å². The molecule has 0 aliphatic rings. The van der Waals surface area contributed by atoms with Gasteiger partial charge in [0.05, 0.1) is 5.02 Å². The highest BCUT2D eigenvalue weighted by Crippen LogP contribution is 2.21. The van der Waals surface area contributed by atoms with Gasteiger partial charge in [0.2, 0.25) is 10.0 Å². The maximum atomic E-state index is 11.7. The van der Waals surface area contributed by atoms with Gasteiger partial charge in [-0.15, -0.1) is 12.4 Å². The van der Waals surface area contributed by atoms with Crippen LogP contribution in [0, 0.1) is 6.92 Å². The first-order valence-electron chi connectivity index (χ1n) is 4.43. The van der Waals surface area contributed by atoms with Gasteiger partial charge in [-0.3, -0.25) is 0 Å².